The minimum Gasteiger partial charge on any atom is -0.454 e. The number of amides is 1. The number of hydrogen-bond acceptors (Lipinski definition) is 4. The van der Waals surface area contributed by atoms with Crippen molar-refractivity contribution in [3.8, 4) is 17.2 Å². The molecule has 0 aliphatic carbocycles. The molecular weight excluding hydrogens is 318 g/mol. The van der Waals surface area contributed by atoms with E-state index in [0.717, 1.165) is 22.7 Å². The van der Waals surface area contributed by atoms with E-state index in [0.29, 0.717) is 18.5 Å². The number of ether oxygens (including phenoxy) is 2. The average molecular weight is 335 g/mol. The number of fused-ring (bicyclic) bond motifs is 1. The molecular formula is C19H17N3O3. The molecule has 1 aromatic heterocycles. The Hall–Kier alpha value is -3.28. The lowest BCUT2D eigenvalue weighted by atomic mass is 10.1. The molecule has 2 heterocycles. The summed E-state index contributed by atoms with van der Waals surface area (Å²) in [6, 6.07) is 15.1. The number of rotatable bonds is 5. The van der Waals surface area contributed by atoms with E-state index in [1.807, 2.05) is 48.7 Å². The Bertz CT molecular complexity index is 891. The molecule has 0 saturated heterocycles. The number of aromatic nitrogens is 2. The second kappa shape index (κ2) is 6.68. The molecule has 0 unspecified atom stereocenters. The van der Waals surface area contributed by atoms with Crippen molar-refractivity contribution >= 4 is 5.91 Å². The Morgan fingerprint density at radius 3 is 2.88 bits per heavy atom. The zero-order valence-corrected chi connectivity index (χ0v) is 13.5. The molecule has 126 valence electrons. The van der Waals surface area contributed by atoms with E-state index in [1.165, 1.54) is 0 Å². The van der Waals surface area contributed by atoms with Crippen molar-refractivity contribution in [1.29, 1.82) is 0 Å². The summed E-state index contributed by atoms with van der Waals surface area (Å²) >= 11 is 0. The molecule has 3 aromatic rings. The van der Waals surface area contributed by atoms with Gasteiger partial charge < -0.3 is 14.8 Å². The van der Waals surface area contributed by atoms with Crippen LogP contribution < -0.4 is 14.8 Å². The van der Waals surface area contributed by atoms with Crippen LogP contribution in [0.2, 0.25) is 0 Å². The van der Waals surface area contributed by atoms with Crippen LogP contribution in [0.15, 0.2) is 60.9 Å². The largest absolute Gasteiger partial charge is 0.454 e. The minimum atomic E-state index is -0.119. The molecule has 2 aromatic carbocycles. The van der Waals surface area contributed by atoms with Gasteiger partial charge in [0.2, 0.25) is 6.79 Å². The van der Waals surface area contributed by atoms with Gasteiger partial charge in [-0.1, -0.05) is 18.2 Å². The molecule has 4 rings (SSSR count). The molecule has 1 aliphatic heterocycles. The number of hydrogen-bond donors (Lipinski definition) is 1. The van der Waals surface area contributed by atoms with E-state index in [9.17, 15) is 4.79 Å². The predicted molar refractivity (Wildman–Crippen MR) is 92.2 cm³/mol. The van der Waals surface area contributed by atoms with E-state index < -0.39 is 0 Å². The Morgan fingerprint density at radius 2 is 2.00 bits per heavy atom. The third kappa shape index (κ3) is 3.19. The molecule has 6 heteroatoms. The highest BCUT2D eigenvalue weighted by molar-refractivity contribution is 5.97. The first-order chi connectivity index (χ1) is 12.3. The molecule has 0 radical (unpaired) electrons. The lowest BCUT2D eigenvalue weighted by molar-refractivity contribution is 0.0954. The van der Waals surface area contributed by atoms with Crippen LogP contribution in [-0.2, 0) is 6.42 Å². The zero-order valence-electron chi connectivity index (χ0n) is 13.5. The summed E-state index contributed by atoms with van der Waals surface area (Å²) in [4.78, 5) is 12.5. The summed E-state index contributed by atoms with van der Waals surface area (Å²) in [7, 11) is 0. The highest BCUT2D eigenvalue weighted by atomic mass is 16.7. The molecule has 0 saturated carbocycles. The molecule has 0 spiro atoms. The number of nitrogens with one attached hydrogen (secondary N) is 1. The average Bonchev–Trinajstić information content (AvgIpc) is 3.33. The van der Waals surface area contributed by atoms with E-state index in [2.05, 4.69) is 10.4 Å². The zero-order chi connectivity index (χ0) is 17.1. The van der Waals surface area contributed by atoms with Gasteiger partial charge in [-0.2, -0.15) is 5.10 Å². The van der Waals surface area contributed by atoms with Gasteiger partial charge in [-0.3, -0.25) is 4.79 Å². The molecule has 0 fully saturated rings. The molecule has 25 heavy (non-hydrogen) atoms. The first-order valence-corrected chi connectivity index (χ1v) is 8.07. The maximum absolute atomic E-state index is 12.5. The van der Waals surface area contributed by atoms with Gasteiger partial charge in [0.15, 0.2) is 11.5 Å². The van der Waals surface area contributed by atoms with Gasteiger partial charge in [-0.25, -0.2) is 4.68 Å². The van der Waals surface area contributed by atoms with Crippen LogP contribution in [0.1, 0.15) is 15.9 Å². The van der Waals surface area contributed by atoms with E-state index in [1.54, 1.807) is 16.9 Å². The normalized spacial score (nSPS) is 12.2. The fourth-order valence-corrected chi connectivity index (χ4v) is 2.79. The van der Waals surface area contributed by atoms with Gasteiger partial charge in [-0.15, -0.1) is 0 Å². The Labute approximate surface area is 145 Å². The topological polar surface area (TPSA) is 65.4 Å². The highest BCUT2D eigenvalue weighted by Crippen LogP contribution is 2.32. The Morgan fingerprint density at radius 1 is 1.12 bits per heavy atom. The second-order valence-electron chi connectivity index (χ2n) is 5.66. The lowest BCUT2D eigenvalue weighted by Gasteiger charge is -2.10. The van der Waals surface area contributed by atoms with Crippen LogP contribution in [0.4, 0.5) is 0 Å². The van der Waals surface area contributed by atoms with Crippen LogP contribution in [0.3, 0.4) is 0 Å². The third-order valence-electron chi connectivity index (χ3n) is 4.04. The van der Waals surface area contributed by atoms with Gasteiger partial charge in [0.05, 0.1) is 11.3 Å². The molecule has 0 bridgehead atoms. The van der Waals surface area contributed by atoms with Crippen molar-refractivity contribution in [1.82, 2.24) is 15.1 Å². The number of para-hydroxylation sites is 1. The van der Waals surface area contributed by atoms with Gasteiger partial charge in [0, 0.05) is 18.9 Å². The maximum Gasteiger partial charge on any atom is 0.253 e. The van der Waals surface area contributed by atoms with Gasteiger partial charge in [0.25, 0.3) is 5.91 Å². The summed E-state index contributed by atoms with van der Waals surface area (Å²) < 4.78 is 12.4. The summed E-state index contributed by atoms with van der Waals surface area (Å²) in [5.74, 6) is 1.40. The first kappa shape index (κ1) is 15.3. The predicted octanol–water partition coefficient (Wildman–Crippen LogP) is 2.57. The number of nitrogens with zero attached hydrogens (tertiary/aromatic N) is 2. The van der Waals surface area contributed by atoms with Crippen LogP contribution in [0.5, 0.6) is 11.5 Å². The summed E-state index contributed by atoms with van der Waals surface area (Å²) in [5, 5.41) is 7.17. The third-order valence-corrected chi connectivity index (χ3v) is 4.04. The van der Waals surface area contributed by atoms with E-state index in [4.69, 9.17) is 9.47 Å². The van der Waals surface area contributed by atoms with Crippen LogP contribution in [0.25, 0.3) is 5.69 Å². The van der Waals surface area contributed by atoms with Gasteiger partial charge in [0.1, 0.15) is 0 Å². The van der Waals surface area contributed by atoms with Crippen molar-refractivity contribution < 1.29 is 14.3 Å². The fraction of sp³-hybridized carbons (Fsp3) is 0.158. The summed E-state index contributed by atoms with van der Waals surface area (Å²) in [6.45, 7) is 0.797. The maximum atomic E-state index is 12.5. The Balaban J connectivity index is 1.41. The molecule has 6 nitrogen and oxygen atoms in total. The minimum absolute atomic E-state index is 0.119. The van der Waals surface area contributed by atoms with Gasteiger partial charge >= 0.3 is 0 Å². The van der Waals surface area contributed by atoms with Crippen molar-refractivity contribution in [2.24, 2.45) is 0 Å². The second-order valence-corrected chi connectivity index (χ2v) is 5.66. The molecule has 0 atom stereocenters. The monoisotopic (exact) mass is 335 g/mol. The van der Waals surface area contributed by atoms with Crippen LogP contribution in [-0.4, -0.2) is 29.0 Å². The van der Waals surface area contributed by atoms with Crippen LogP contribution in [0, 0.1) is 0 Å². The standard InChI is InChI=1S/C19H17N3O3/c23-19(15-4-1-2-5-16(15)22-11-3-9-21-22)20-10-8-14-6-7-17-18(12-14)25-13-24-17/h1-7,9,11-12H,8,10,13H2,(H,20,23). The number of benzene rings is 2. The van der Waals surface area contributed by atoms with E-state index >= 15 is 0 Å². The summed E-state index contributed by atoms with van der Waals surface area (Å²) in [6.07, 6.45) is 4.22. The van der Waals surface area contributed by atoms with Crippen molar-refractivity contribution in [3.05, 3.63) is 72.1 Å². The van der Waals surface area contributed by atoms with Crippen molar-refractivity contribution in [2.75, 3.05) is 13.3 Å². The Kier molecular flexibility index (Phi) is 4.08. The molecule has 1 N–H and O–H groups in total. The quantitative estimate of drug-likeness (QED) is 0.778. The molecule has 1 amide bonds. The van der Waals surface area contributed by atoms with Crippen LogP contribution >= 0.6 is 0 Å². The van der Waals surface area contributed by atoms with E-state index in [-0.39, 0.29) is 12.7 Å². The fourth-order valence-electron chi connectivity index (χ4n) is 2.79. The van der Waals surface area contributed by atoms with Crippen molar-refractivity contribution in [2.45, 2.75) is 6.42 Å². The summed E-state index contributed by atoms with van der Waals surface area (Å²) in [5.41, 5.74) is 2.44. The lowest BCUT2D eigenvalue weighted by Crippen LogP contribution is -2.26. The number of carbonyl (C=O) groups excluding carboxylic acids is 1. The van der Waals surface area contributed by atoms with Gasteiger partial charge in [-0.05, 0) is 42.3 Å². The van der Waals surface area contributed by atoms with Crippen molar-refractivity contribution in [3.63, 3.8) is 0 Å². The SMILES string of the molecule is O=C(NCCc1ccc2c(c1)OCO2)c1ccccc1-n1cccn1. The highest BCUT2D eigenvalue weighted by Gasteiger charge is 2.14. The smallest absolute Gasteiger partial charge is 0.253 e. The first-order valence-electron chi connectivity index (χ1n) is 8.07. The molecule has 1 aliphatic rings. The number of carbonyl (C=O) groups is 1.